The van der Waals surface area contributed by atoms with Crippen molar-refractivity contribution in [2.45, 2.75) is 18.9 Å². The molecule has 3 aromatic carbocycles. The Hall–Kier alpha value is -3.11. The van der Waals surface area contributed by atoms with Crippen LogP contribution in [-0.2, 0) is 0 Å². The maximum absolute atomic E-state index is 13.2. The van der Waals surface area contributed by atoms with Crippen LogP contribution in [0.3, 0.4) is 0 Å². The highest BCUT2D eigenvalue weighted by Crippen LogP contribution is 2.36. The number of likely N-dealkylation sites (tertiary alicyclic amines) is 1. The molecule has 0 aliphatic carbocycles. The predicted molar refractivity (Wildman–Crippen MR) is 117 cm³/mol. The third kappa shape index (κ3) is 3.76. The van der Waals surface area contributed by atoms with E-state index in [-0.39, 0.29) is 17.8 Å². The smallest absolute Gasteiger partial charge is 0.254 e. The number of amidine groups is 1. The first-order chi connectivity index (χ1) is 14.1. The van der Waals surface area contributed by atoms with Gasteiger partial charge in [-0.05, 0) is 47.7 Å². The average molecular weight is 404 g/mol. The Bertz CT molecular complexity index is 1060. The number of carbonyl (C=O) groups is 1. The maximum Gasteiger partial charge on any atom is 0.254 e. The number of nitrogens with zero attached hydrogens (tertiary/aromatic N) is 1. The predicted octanol–water partition coefficient (Wildman–Crippen LogP) is 5.27. The first-order valence-electron chi connectivity index (χ1n) is 9.65. The number of nitrogens with one attached hydrogen (secondary N) is 1. The van der Waals surface area contributed by atoms with E-state index in [1.807, 2.05) is 77.7 Å². The Labute approximate surface area is 175 Å². The Morgan fingerprint density at radius 2 is 1.69 bits per heavy atom. The Kier molecular flexibility index (Phi) is 5.36. The number of halogens is 1. The summed E-state index contributed by atoms with van der Waals surface area (Å²) in [5.41, 5.74) is 9.86. The van der Waals surface area contributed by atoms with Crippen LogP contribution < -0.4 is 5.73 Å². The molecule has 0 saturated carbocycles. The van der Waals surface area contributed by atoms with Gasteiger partial charge in [-0.25, -0.2) is 0 Å². The van der Waals surface area contributed by atoms with Crippen molar-refractivity contribution in [3.63, 3.8) is 0 Å². The van der Waals surface area contributed by atoms with E-state index in [4.69, 9.17) is 22.7 Å². The Morgan fingerprint density at radius 1 is 1.00 bits per heavy atom. The molecule has 146 valence electrons. The lowest BCUT2D eigenvalue weighted by Gasteiger charge is -2.26. The van der Waals surface area contributed by atoms with Gasteiger partial charge in [-0.15, -0.1) is 0 Å². The number of carbonyl (C=O) groups excluding carboxylic acids is 1. The highest BCUT2D eigenvalue weighted by molar-refractivity contribution is 6.31. The van der Waals surface area contributed by atoms with E-state index in [0.29, 0.717) is 16.1 Å². The van der Waals surface area contributed by atoms with Gasteiger partial charge in [0.2, 0.25) is 0 Å². The molecule has 5 heteroatoms. The van der Waals surface area contributed by atoms with Crippen molar-refractivity contribution >= 4 is 23.3 Å². The van der Waals surface area contributed by atoms with Crippen LogP contribution >= 0.6 is 11.6 Å². The number of rotatable bonds is 4. The molecular formula is C24H22ClN3O. The molecule has 0 spiro atoms. The fourth-order valence-corrected chi connectivity index (χ4v) is 4.27. The lowest BCUT2D eigenvalue weighted by Crippen LogP contribution is -2.30. The molecule has 1 saturated heterocycles. The SMILES string of the molecule is N=C(N)c1ccccc1-c1ccc(C(=O)N2CCC[C@@H]2c2ccccc2Cl)cc1. The summed E-state index contributed by atoms with van der Waals surface area (Å²) in [5, 5.41) is 8.48. The van der Waals surface area contributed by atoms with Crippen molar-refractivity contribution in [1.82, 2.24) is 4.90 Å². The second-order valence-electron chi connectivity index (χ2n) is 7.21. The minimum Gasteiger partial charge on any atom is -0.384 e. The second kappa shape index (κ2) is 8.10. The molecule has 0 unspecified atom stereocenters. The minimum absolute atomic E-state index is 0.00863. The van der Waals surface area contributed by atoms with Crippen LogP contribution in [0.4, 0.5) is 0 Å². The topological polar surface area (TPSA) is 70.2 Å². The van der Waals surface area contributed by atoms with E-state index < -0.39 is 0 Å². The highest BCUT2D eigenvalue weighted by atomic mass is 35.5. The molecule has 1 amide bonds. The van der Waals surface area contributed by atoms with Crippen molar-refractivity contribution in [3.05, 3.63) is 94.5 Å². The van der Waals surface area contributed by atoms with Crippen LogP contribution in [-0.4, -0.2) is 23.2 Å². The zero-order chi connectivity index (χ0) is 20.4. The summed E-state index contributed by atoms with van der Waals surface area (Å²) < 4.78 is 0. The van der Waals surface area contributed by atoms with Gasteiger partial charge in [-0.2, -0.15) is 0 Å². The van der Waals surface area contributed by atoms with Gasteiger partial charge in [0.25, 0.3) is 5.91 Å². The monoisotopic (exact) mass is 403 g/mol. The van der Waals surface area contributed by atoms with E-state index in [0.717, 1.165) is 36.1 Å². The molecule has 4 rings (SSSR count). The van der Waals surface area contributed by atoms with Gasteiger partial charge in [0.05, 0.1) is 6.04 Å². The summed E-state index contributed by atoms with van der Waals surface area (Å²) in [7, 11) is 0. The summed E-state index contributed by atoms with van der Waals surface area (Å²) >= 11 is 6.38. The van der Waals surface area contributed by atoms with Crippen molar-refractivity contribution < 1.29 is 4.79 Å². The first kappa shape index (κ1) is 19.2. The molecule has 3 N–H and O–H groups in total. The number of nitrogen functional groups attached to an aromatic ring is 1. The van der Waals surface area contributed by atoms with Crippen LogP contribution in [0.25, 0.3) is 11.1 Å². The Morgan fingerprint density at radius 3 is 2.41 bits per heavy atom. The molecule has 0 aromatic heterocycles. The number of hydrogen-bond acceptors (Lipinski definition) is 2. The second-order valence-corrected chi connectivity index (χ2v) is 7.62. The van der Waals surface area contributed by atoms with E-state index in [1.54, 1.807) is 0 Å². The van der Waals surface area contributed by atoms with Crippen molar-refractivity contribution in [1.29, 1.82) is 5.41 Å². The summed E-state index contributed by atoms with van der Waals surface area (Å²) in [6.45, 7) is 0.726. The fraction of sp³-hybridized carbons (Fsp3) is 0.167. The van der Waals surface area contributed by atoms with Gasteiger partial charge < -0.3 is 10.6 Å². The molecule has 0 radical (unpaired) electrons. The van der Waals surface area contributed by atoms with E-state index in [2.05, 4.69) is 0 Å². The summed E-state index contributed by atoms with van der Waals surface area (Å²) in [6, 6.07) is 22.8. The average Bonchev–Trinajstić information content (AvgIpc) is 3.23. The minimum atomic E-state index is 0.00863. The van der Waals surface area contributed by atoms with Gasteiger partial charge in [0, 0.05) is 22.7 Å². The molecule has 1 fully saturated rings. The van der Waals surface area contributed by atoms with Crippen LogP contribution in [0.1, 0.15) is 40.4 Å². The molecule has 1 atom stereocenters. The zero-order valence-corrected chi connectivity index (χ0v) is 16.7. The van der Waals surface area contributed by atoms with Crippen LogP contribution in [0.5, 0.6) is 0 Å². The fourth-order valence-electron chi connectivity index (χ4n) is 4.01. The molecule has 1 aliphatic heterocycles. The molecule has 1 aliphatic rings. The molecule has 29 heavy (non-hydrogen) atoms. The summed E-state index contributed by atoms with van der Waals surface area (Å²) in [5.74, 6) is 0.0409. The van der Waals surface area contributed by atoms with Crippen LogP contribution in [0.2, 0.25) is 5.02 Å². The highest BCUT2D eigenvalue weighted by Gasteiger charge is 2.31. The summed E-state index contributed by atoms with van der Waals surface area (Å²) in [4.78, 5) is 15.1. The van der Waals surface area contributed by atoms with Crippen molar-refractivity contribution in [2.75, 3.05) is 6.54 Å². The van der Waals surface area contributed by atoms with Crippen molar-refractivity contribution in [3.8, 4) is 11.1 Å². The first-order valence-corrected chi connectivity index (χ1v) is 10.0. The number of amides is 1. The quantitative estimate of drug-likeness (QED) is 0.460. The standard InChI is InChI=1S/C24H22ClN3O/c25-21-9-4-3-8-20(21)22-10-5-15-28(22)24(29)17-13-11-16(12-14-17)18-6-1-2-7-19(18)23(26)27/h1-4,6-9,11-14,22H,5,10,15H2,(H3,26,27)/t22-/m1/s1. The normalized spacial score (nSPS) is 16.0. The number of nitrogens with two attached hydrogens (primary N) is 1. The number of benzene rings is 3. The van der Waals surface area contributed by atoms with Gasteiger partial charge in [-0.1, -0.05) is 66.2 Å². The van der Waals surface area contributed by atoms with Crippen LogP contribution in [0, 0.1) is 5.41 Å². The van der Waals surface area contributed by atoms with E-state index >= 15 is 0 Å². The van der Waals surface area contributed by atoms with Gasteiger partial charge in [0.1, 0.15) is 5.84 Å². The molecular weight excluding hydrogens is 382 g/mol. The van der Waals surface area contributed by atoms with Gasteiger partial charge in [-0.3, -0.25) is 10.2 Å². The third-order valence-corrected chi connectivity index (χ3v) is 5.78. The third-order valence-electron chi connectivity index (χ3n) is 5.44. The molecule has 3 aromatic rings. The maximum atomic E-state index is 13.2. The molecule has 4 nitrogen and oxygen atoms in total. The van der Waals surface area contributed by atoms with E-state index in [9.17, 15) is 4.79 Å². The zero-order valence-electron chi connectivity index (χ0n) is 15.9. The van der Waals surface area contributed by atoms with Crippen LogP contribution in [0.15, 0.2) is 72.8 Å². The largest absolute Gasteiger partial charge is 0.384 e. The van der Waals surface area contributed by atoms with Gasteiger partial charge >= 0.3 is 0 Å². The van der Waals surface area contributed by atoms with Crippen molar-refractivity contribution in [2.24, 2.45) is 5.73 Å². The lowest BCUT2D eigenvalue weighted by atomic mass is 9.97. The Balaban J connectivity index is 1.60. The van der Waals surface area contributed by atoms with E-state index in [1.165, 1.54) is 0 Å². The summed E-state index contributed by atoms with van der Waals surface area (Å²) in [6.07, 6.45) is 1.88. The molecule has 0 bridgehead atoms. The van der Waals surface area contributed by atoms with Gasteiger partial charge in [0.15, 0.2) is 0 Å². The number of hydrogen-bond donors (Lipinski definition) is 2. The lowest BCUT2D eigenvalue weighted by molar-refractivity contribution is 0.0736. The molecule has 1 heterocycles.